The van der Waals surface area contributed by atoms with E-state index in [-0.39, 0.29) is 17.2 Å². The van der Waals surface area contributed by atoms with Gasteiger partial charge >= 0.3 is 0 Å². The Hall–Kier alpha value is -2.07. The minimum Gasteiger partial charge on any atom is -0.327 e. The van der Waals surface area contributed by atoms with Crippen LogP contribution in [-0.2, 0) is 0 Å². The van der Waals surface area contributed by atoms with Crippen molar-refractivity contribution in [1.82, 2.24) is 4.98 Å². The number of carbonyl (C=O) groups is 1. The highest BCUT2D eigenvalue weighted by molar-refractivity contribution is 6.30. The van der Waals surface area contributed by atoms with Gasteiger partial charge in [-0.3, -0.25) is 9.59 Å². The van der Waals surface area contributed by atoms with Crippen LogP contribution in [0.5, 0.6) is 0 Å². The molecule has 17 heavy (non-hydrogen) atoms. The first-order chi connectivity index (χ1) is 8.16. The fourth-order valence-corrected chi connectivity index (χ4v) is 1.44. The van der Waals surface area contributed by atoms with Crippen LogP contribution in [0.1, 0.15) is 10.4 Å². The van der Waals surface area contributed by atoms with Crippen molar-refractivity contribution in [3.05, 3.63) is 63.5 Å². The highest BCUT2D eigenvalue weighted by atomic mass is 35.5. The van der Waals surface area contributed by atoms with E-state index in [9.17, 15) is 9.59 Å². The first-order valence-electron chi connectivity index (χ1n) is 4.91. The second kappa shape index (κ2) is 4.84. The minimum absolute atomic E-state index is 0.215. The third-order valence-corrected chi connectivity index (χ3v) is 2.42. The lowest BCUT2D eigenvalue weighted by Gasteiger charge is -2.03. The molecular formula is C12H9ClN2O2. The van der Waals surface area contributed by atoms with Gasteiger partial charge < -0.3 is 10.3 Å². The second-order valence-corrected chi connectivity index (χ2v) is 3.81. The predicted octanol–water partition coefficient (Wildman–Crippen LogP) is 2.28. The summed E-state index contributed by atoms with van der Waals surface area (Å²) in [5.41, 5.74) is 0.319. The molecule has 0 bridgehead atoms. The maximum absolute atomic E-state index is 11.8. The van der Waals surface area contributed by atoms with Crippen molar-refractivity contribution in [2.75, 3.05) is 5.32 Å². The summed E-state index contributed by atoms with van der Waals surface area (Å²) >= 11 is 5.72. The second-order valence-electron chi connectivity index (χ2n) is 3.37. The number of hydrogen-bond acceptors (Lipinski definition) is 2. The Kier molecular flexibility index (Phi) is 3.25. The Labute approximate surface area is 102 Å². The number of rotatable bonds is 2. The zero-order valence-electron chi connectivity index (χ0n) is 8.74. The van der Waals surface area contributed by atoms with Crippen LogP contribution < -0.4 is 10.9 Å². The van der Waals surface area contributed by atoms with E-state index >= 15 is 0 Å². The largest absolute Gasteiger partial charge is 0.327 e. The molecule has 2 aromatic rings. The average molecular weight is 249 g/mol. The summed E-state index contributed by atoms with van der Waals surface area (Å²) < 4.78 is 0. The number of aromatic nitrogens is 1. The molecule has 5 heteroatoms. The summed E-state index contributed by atoms with van der Waals surface area (Å²) in [6.45, 7) is 0. The summed E-state index contributed by atoms with van der Waals surface area (Å²) in [5, 5.41) is 3.07. The van der Waals surface area contributed by atoms with E-state index in [4.69, 9.17) is 11.6 Å². The van der Waals surface area contributed by atoms with Gasteiger partial charge in [0.1, 0.15) is 5.69 Å². The number of pyridine rings is 1. The molecular weight excluding hydrogens is 240 g/mol. The third kappa shape index (κ3) is 2.73. The number of hydrogen-bond donors (Lipinski definition) is 2. The third-order valence-electron chi connectivity index (χ3n) is 2.17. The molecule has 1 aromatic carbocycles. The summed E-state index contributed by atoms with van der Waals surface area (Å²) in [6.07, 6.45) is 1.50. The number of amides is 1. The van der Waals surface area contributed by atoms with Gasteiger partial charge in [-0.1, -0.05) is 11.6 Å². The van der Waals surface area contributed by atoms with Gasteiger partial charge in [-0.25, -0.2) is 0 Å². The maximum Gasteiger partial charge on any atom is 0.271 e. The van der Waals surface area contributed by atoms with E-state index in [0.717, 1.165) is 0 Å². The molecule has 0 fully saturated rings. The fraction of sp³-hybridized carbons (Fsp3) is 0. The van der Waals surface area contributed by atoms with E-state index < -0.39 is 0 Å². The van der Waals surface area contributed by atoms with Gasteiger partial charge in [0, 0.05) is 16.8 Å². The lowest BCUT2D eigenvalue weighted by molar-refractivity contribution is 0.102. The van der Waals surface area contributed by atoms with Crippen LogP contribution in [0.15, 0.2) is 47.4 Å². The van der Waals surface area contributed by atoms with Crippen LogP contribution in [0, 0.1) is 0 Å². The van der Waals surface area contributed by atoms with Crippen LogP contribution in [0.3, 0.4) is 0 Å². The number of aromatic amines is 1. The molecule has 4 nitrogen and oxygen atoms in total. The van der Waals surface area contributed by atoms with Crippen LogP contribution in [-0.4, -0.2) is 10.9 Å². The lowest BCUT2D eigenvalue weighted by atomic mass is 10.2. The lowest BCUT2D eigenvalue weighted by Crippen LogP contribution is -2.19. The summed E-state index contributed by atoms with van der Waals surface area (Å²) in [5.74, 6) is -0.349. The summed E-state index contributed by atoms with van der Waals surface area (Å²) in [6, 6.07) is 9.59. The molecule has 0 radical (unpaired) electrons. The number of nitrogens with one attached hydrogen (secondary N) is 2. The fourth-order valence-electron chi connectivity index (χ4n) is 1.32. The zero-order valence-corrected chi connectivity index (χ0v) is 9.49. The highest BCUT2D eigenvalue weighted by Gasteiger charge is 2.07. The first-order valence-corrected chi connectivity index (χ1v) is 5.29. The standard InChI is InChI=1S/C12H9ClN2O2/c13-9-5-3-8(4-6-9)11(16)15-10-2-1-7-14-12(10)17/h1-7H,(H,14,17)(H,15,16). The van der Waals surface area contributed by atoms with Gasteiger partial charge in [-0.15, -0.1) is 0 Å². The van der Waals surface area contributed by atoms with Crippen molar-refractivity contribution in [1.29, 1.82) is 0 Å². The average Bonchev–Trinajstić information content (AvgIpc) is 2.33. The number of benzene rings is 1. The number of H-pyrrole nitrogens is 1. The number of carbonyl (C=O) groups excluding carboxylic acids is 1. The smallest absolute Gasteiger partial charge is 0.271 e. The van der Waals surface area contributed by atoms with E-state index in [1.807, 2.05) is 0 Å². The molecule has 0 saturated carbocycles. The normalized spacial score (nSPS) is 9.94. The summed E-state index contributed by atoms with van der Waals surface area (Å²) in [4.78, 5) is 25.6. The first kappa shape index (κ1) is 11.4. The Morgan fingerprint density at radius 1 is 1.18 bits per heavy atom. The van der Waals surface area contributed by atoms with E-state index in [1.165, 1.54) is 12.3 Å². The van der Waals surface area contributed by atoms with Crippen molar-refractivity contribution in [3.63, 3.8) is 0 Å². The molecule has 0 unspecified atom stereocenters. The molecule has 2 N–H and O–H groups in total. The van der Waals surface area contributed by atoms with E-state index in [2.05, 4.69) is 10.3 Å². The Bertz CT molecular complexity index is 590. The highest BCUT2D eigenvalue weighted by Crippen LogP contribution is 2.10. The molecule has 1 aromatic heterocycles. The van der Waals surface area contributed by atoms with E-state index in [0.29, 0.717) is 10.6 Å². The van der Waals surface area contributed by atoms with Crippen molar-refractivity contribution >= 4 is 23.2 Å². The van der Waals surface area contributed by atoms with Crippen molar-refractivity contribution in [3.8, 4) is 0 Å². The molecule has 0 saturated heterocycles. The monoisotopic (exact) mass is 248 g/mol. The molecule has 1 heterocycles. The van der Waals surface area contributed by atoms with Crippen LogP contribution in [0.25, 0.3) is 0 Å². The number of anilines is 1. The maximum atomic E-state index is 11.8. The molecule has 0 atom stereocenters. The van der Waals surface area contributed by atoms with Gasteiger partial charge in [0.15, 0.2) is 0 Å². The minimum atomic E-state index is -0.349. The SMILES string of the molecule is O=C(Nc1ccc[nH]c1=O)c1ccc(Cl)cc1. The molecule has 0 aliphatic rings. The Morgan fingerprint density at radius 2 is 1.88 bits per heavy atom. The Morgan fingerprint density at radius 3 is 2.53 bits per heavy atom. The predicted molar refractivity (Wildman–Crippen MR) is 66.5 cm³/mol. The van der Waals surface area contributed by atoms with Crippen molar-refractivity contribution < 1.29 is 4.79 Å². The quantitative estimate of drug-likeness (QED) is 0.857. The van der Waals surface area contributed by atoms with Gasteiger partial charge in [-0.05, 0) is 36.4 Å². The molecule has 1 amide bonds. The van der Waals surface area contributed by atoms with Gasteiger partial charge in [0.2, 0.25) is 0 Å². The summed E-state index contributed by atoms with van der Waals surface area (Å²) in [7, 11) is 0. The van der Waals surface area contributed by atoms with Crippen molar-refractivity contribution in [2.45, 2.75) is 0 Å². The zero-order chi connectivity index (χ0) is 12.3. The molecule has 0 aliphatic carbocycles. The molecule has 0 aliphatic heterocycles. The molecule has 2 rings (SSSR count). The van der Waals surface area contributed by atoms with E-state index in [1.54, 1.807) is 30.3 Å². The molecule has 86 valence electrons. The van der Waals surface area contributed by atoms with Crippen molar-refractivity contribution in [2.24, 2.45) is 0 Å². The van der Waals surface area contributed by atoms with Crippen LogP contribution >= 0.6 is 11.6 Å². The van der Waals surface area contributed by atoms with Crippen LogP contribution in [0.2, 0.25) is 5.02 Å². The Balaban J connectivity index is 2.20. The topological polar surface area (TPSA) is 62.0 Å². The molecule has 0 spiro atoms. The van der Waals surface area contributed by atoms with Crippen LogP contribution in [0.4, 0.5) is 5.69 Å². The van der Waals surface area contributed by atoms with Gasteiger partial charge in [0.25, 0.3) is 11.5 Å². The van der Waals surface area contributed by atoms with Gasteiger partial charge in [0.05, 0.1) is 0 Å². The van der Waals surface area contributed by atoms with Gasteiger partial charge in [-0.2, -0.15) is 0 Å². The number of halogens is 1.